The van der Waals surface area contributed by atoms with Gasteiger partial charge in [0.1, 0.15) is 5.75 Å². The molecule has 0 aliphatic heterocycles. The van der Waals surface area contributed by atoms with Gasteiger partial charge >= 0.3 is 0 Å². The first kappa shape index (κ1) is 23.5. The lowest BCUT2D eigenvalue weighted by molar-refractivity contribution is 0.0953. The first-order valence-electron chi connectivity index (χ1n) is 9.70. The second-order valence-electron chi connectivity index (χ2n) is 7.03. The molecule has 0 bridgehead atoms. The first-order valence-corrected chi connectivity index (χ1v) is 9.70. The Hall–Kier alpha value is -1.51. The van der Waals surface area contributed by atoms with Crippen LogP contribution in [0.3, 0.4) is 0 Å². The molecule has 6 nitrogen and oxygen atoms in total. The van der Waals surface area contributed by atoms with Gasteiger partial charge in [-0.15, -0.1) is 24.0 Å². The highest BCUT2D eigenvalue weighted by Crippen LogP contribution is 2.23. The molecule has 1 aromatic rings. The molecule has 7 heteroatoms. The van der Waals surface area contributed by atoms with Crippen molar-refractivity contribution in [2.45, 2.75) is 52.0 Å². The maximum atomic E-state index is 12.0. The quantitative estimate of drug-likeness (QED) is 0.206. The number of nitrogens with zero attached hydrogens (tertiary/aromatic N) is 1. The number of aliphatic imine (C=N–C) groups is 1. The Bertz CT molecular complexity index is 609. The van der Waals surface area contributed by atoms with Gasteiger partial charge in [-0.1, -0.05) is 25.8 Å². The maximum Gasteiger partial charge on any atom is 0.251 e. The minimum Gasteiger partial charge on any atom is -0.508 e. The van der Waals surface area contributed by atoms with E-state index in [4.69, 9.17) is 0 Å². The van der Waals surface area contributed by atoms with Crippen LogP contribution < -0.4 is 16.0 Å². The molecule has 4 N–H and O–H groups in total. The molecule has 1 amide bonds. The van der Waals surface area contributed by atoms with Crippen LogP contribution >= 0.6 is 24.0 Å². The van der Waals surface area contributed by atoms with E-state index in [1.165, 1.54) is 31.7 Å². The van der Waals surface area contributed by atoms with Gasteiger partial charge in [0.25, 0.3) is 5.91 Å². The molecule has 1 aromatic carbocycles. The number of halogens is 1. The van der Waals surface area contributed by atoms with E-state index in [1.807, 2.05) is 0 Å². The summed E-state index contributed by atoms with van der Waals surface area (Å²) >= 11 is 0. The summed E-state index contributed by atoms with van der Waals surface area (Å²) in [6.07, 6.45) is 5.77. The summed E-state index contributed by atoms with van der Waals surface area (Å²) in [5.74, 6) is 1.56. The molecule has 1 fully saturated rings. The number of aromatic hydroxyl groups is 1. The van der Waals surface area contributed by atoms with Crippen LogP contribution in [0.25, 0.3) is 0 Å². The van der Waals surface area contributed by atoms with E-state index in [2.05, 4.69) is 34.8 Å². The number of rotatable bonds is 7. The lowest BCUT2D eigenvalue weighted by Gasteiger charge is -2.28. The molecule has 2 rings (SSSR count). The third-order valence-corrected chi connectivity index (χ3v) is 4.62. The van der Waals surface area contributed by atoms with Gasteiger partial charge in [-0.2, -0.15) is 0 Å². The highest BCUT2D eigenvalue weighted by molar-refractivity contribution is 14.0. The third-order valence-electron chi connectivity index (χ3n) is 4.62. The highest BCUT2D eigenvalue weighted by Gasteiger charge is 2.19. The molecular formula is C20H33IN4O2. The van der Waals surface area contributed by atoms with Crippen molar-refractivity contribution in [2.75, 3.05) is 19.6 Å². The van der Waals surface area contributed by atoms with Gasteiger partial charge in [0.2, 0.25) is 0 Å². The largest absolute Gasteiger partial charge is 0.508 e. The number of carbonyl (C=O) groups excluding carboxylic acids is 1. The Labute approximate surface area is 179 Å². The number of carbonyl (C=O) groups is 1. The van der Waals surface area contributed by atoms with Crippen molar-refractivity contribution in [2.24, 2.45) is 10.9 Å². The zero-order chi connectivity index (χ0) is 18.8. The van der Waals surface area contributed by atoms with Gasteiger partial charge in [-0.3, -0.25) is 9.79 Å². The number of guanidine groups is 1. The molecule has 152 valence electrons. The average molecular weight is 488 g/mol. The van der Waals surface area contributed by atoms with E-state index >= 15 is 0 Å². The van der Waals surface area contributed by atoms with Crippen molar-refractivity contribution < 1.29 is 9.90 Å². The van der Waals surface area contributed by atoms with Crippen LogP contribution in [0.5, 0.6) is 5.75 Å². The number of benzene rings is 1. The standard InChI is InChI=1S/C20H32N4O2.HI/c1-3-21-20(24-17-9-4-7-15(2)13-17)23-12-6-11-22-19(26)16-8-5-10-18(25)14-16;/h5,8,10,14-15,17,25H,3-4,6-7,9,11-13H2,1-2H3,(H,22,26)(H2,21,23,24);1H. The van der Waals surface area contributed by atoms with Gasteiger partial charge in [-0.25, -0.2) is 0 Å². The van der Waals surface area contributed by atoms with Crippen LogP contribution in [0.2, 0.25) is 0 Å². The fraction of sp³-hybridized carbons (Fsp3) is 0.600. The van der Waals surface area contributed by atoms with Crippen molar-refractivity contribution >= 4 is 35.8 Å². The highest BCUT2D eigenvalue weighted by atomic mass is 127. The Morgan fingerprint density at radius 3 is 2.81 bits per heavy atom. The van der Waals surface area contributed by atoms with Crippen LogP contribution in [0.4, 0.5) is 0 Å². The number of phenols is 1. The number of hydrogen-bond acceptors (Lipinski definition) is 3. The SMILES string of the molecule is CCNC(=NCCCNC(=O)c1cccc(O)c1)NC1CCCC(C)C1.I. The van der Waals surface area contributed by atoms with E-state index < -0.39 is 0 Å². The molecule has 0 aromatic heterocycles. The van der Waals surface area contributed by atoms with Crippen molar-refractivity contribution in [3.05, 3.63) is 29.8 Å². The van der Waals surface area contributed by atoms with Gasteiger partial charge in [-0.05, 0) is 50.3 Å². The Morgan fingerprint density at radius 2 is 2.11 bits per heavy atom. The van der Waals surface area contributed by atoms with Crippen LogP contribution in [-0.2, 0) is 0 Å². The zero-order valence-corrected chi connectivity index (χ0v) is 18.7. The molecule has 0 radical (unpaired) electrons. The lowest BCUT2D eigenvalue weighted by atomic mass is 9.87. The summed E-state index contributed by atoms with van der Waals surface area (Å²) in [5, 5.41) is 19.1. The van der Waals surface area contributed by atoms with E-state index in [9.17, 15) is 9.90 Å². The van der Waals surface area contributed by atoms with Gasteiger partial charge in [0, 0.05) is 31.2 Å². The maximum absolute atomic E-state index is 12.0. The van der Waals surface area contributed by atoms with Crippen molar-refractivity contribution in [3.8, 4) is 5.75 Å². The molecule has 1 saturated carbocycles. The smallest absolute Gasteiger partial charge is 0.251 e. The summed E-state index contributed by atoms with van der Waals surface area (Å²) in [5.41, 5.74) is 0.468. The summed E-state index contributed by atoms with van der Waals surface area (Å²) in [7, 11) is 0. The van der Waals surface area contributed by atoms with Crippen molar-refractivity contribution in [3.63, 3.8) is 0 Å². The minimum absolute atomic E-state index is 0. The van der Waals surface area contributed by atoms with Crippen LogP contribution in [0, 0.1) is 5.92 Å². The zero-order valence-electron chi connectivity index (χ0n) is 16.3. The molecule has 0 spiro atoms. The molecule has 0 saturated heterocycles. The van der Waals surface area contributed by atoms with Crippen LogP contribution in [0.15, 0.2) is 29.3 Å². The summed E-state index contributed by atoms with van der Waals surface area (Å²) < 4.78 is 0. The second kappa shape index (κ2) is 12.8. The van der Waals surface area contributed by atoms with Gasteiger partial charge in [0.05, 0.1) is 0 Å². The van der Waals surface area contributed by atoms with Crippen molar-refractivity contribution in [1.29, 1.82) is 0 Å². The molecule has 1 aliphatic carbocycles. The molecule has 2 atom stereocenters. The topological polar surface area (TPSA) is 85.8 Å². The predicted molar refractivity (Wildman–Crippen MR) is 121 cm³/mol. The molecule has 0 heterocycles. The average Bonchev–Trinajstić information content (AvgIpc) is 2.61. The Kier molecular flexibility index (Phi) is 11.2. The predicted octanol–water partition coefficient (Wildman–Crippen LogP) is 3.26. The Balaban J connectivity index is 0.00000364. The van der Waals surface area contributed by atoms with E-state index in [-0.39, 0.29) is 35.6 Å². The van der Waals surface area contributed by atoms with E-state index in [0.29, 0.717) is 24.7 Å². The number of nitrogens with one attached hydrogen (secondary N) is 3. The van der Waals surface area contributed by atoms with Crippen LogP contribution in [0.1, 0.15) is 56.3 Å². The fourth-order valence-corrected chi connectivity index (χ4v) is 3.30. The summed E-state index contributed by atoms with van der Waals surface area (Å²) in [4.78, 5) is 16.6. The van der Waals surface area contributed by atoms with Gasteiger partial charge in [0.15, 0.2) is 5.96 Å². The van der Waals surface area contributed by atoms with Crippen molar-refractivity contribution in [1.82, 2.24) is 16.0 Å². The normalized spacial score (nSPS) is 19.7. The third kappa shape index (κ3) is 8.81. The summed E-state index contributed by atoms with van der Waals surface area (Å²) in [6.45, 7) is 6.42. The van der Waals surface area contributed by atoms with Gasteiger partial charge < -0.3 is 21.1 Å². The molecule has 27 heavy (non-hydrogen) atoms. The van der Waals surface area contributed by atoms with E-state index in [0.717, 1.165) is 24.8 Å². The number of phenolic OH excluding ortho intramolecular Hbond substituents is 1. The first-order chi connectivity index (χ1) is 12.6. The summed E-state index contributed by atoms with van der Waals surface area (Å²) in [6, 6.07) is 6.86. The molecule has 2 unspecified atom stereocenters. The van der Waals surface area contributed by atoms with E-state index in [1.54, 1.807) is 18.2 Å². The minimum atomic E-state index is -0.175. The molecule has 1 aliphatic rings. The number of amides is 1. The molecular weight excluding hydrogens is 455 g/mol. The fourth-order valence-electron chi connectivity index (χ4n) is 3.30. The lowest BCUT2D eigenvalue weighted by Crippen LogP contribution is -2.45. The second-order valence-corrected chi connectivity index (χ2v) is 7.03. The Morgan fingerprint density at radius 1 is 1.30 bits per heavy atom. The number of hydrogen-bond donors (Lipinski definition) is 4. The monoisotopic (exact) mass is 488 g/mol. The van der Waals surface area contributed by atoms with Crippen LogP contribution in [-0.4, -0.2) is 42.6 Å².